The lowest BCUT2D eigenvalue weighted by Crippen LogP contribution is -2.30. The highest BCUT2D eigenvalue weighted by atomic mass is 79.9. The number of anilines is 1. The summed E-state index contributed by atoms with van der Waals surface area (Å²) < 4.78 is 1.18. The van der Waals surface area contributed by atoms with Crippen LogP contribution in [0.5, 0.6) is 0 Å². The average molecular weight is 897 g/mol. The van der Waals surface area contributed by atoms with E-state index in [4.69, 9.17) is 5.73 Å². The zero-order valence-electron chi connectivity index (χ0n) is 36.9. The molecule has 9 nitrogen and oxygen atoms in total. The molecule has 10 heteroatoms. The van der Waals surface area contributed by atoms with Gasteiger partial charge < -0.3 is 15.5 Å². The van der Waals surface area contributed by atoms with Crippen molar-refractivity contribution in [3.63, 3.8) is 0 Å². The molecule has 0 bridgehead atoms. The van der Waals surface area contributed by atoms with Gasteiger partial charge in [0, 0.05) is 112 Å². The number of pyridine rings is 2. The van der Waals surface area contributed by atoms with Crippen molar-refractivity contribution in [2.45, 2.75) is 66.5 Å². The largest absolute Gasteiger partial charge is 0.399 e. The van der Waals surface area contributed by atoms with Gasteiger partial charge in [-0.25, -0.2) is 0 Å². The highest BCUT2D eigenvalue weighted by molar-refractivity contribution is 9.15. The van der Waals surface area contributed by atoms with Crippen molar-refractivity contribution in [3.8, 4) is 0 Å². The van der Waals surface area contributed by atoms with Crippen LogP contribution in [0.25, 0.3) is 10.1 Å². The van der Waals surface area contributed by atoms with Crippen LogP contribution in [0.1, 0.15) is 102 Å². The molecule has 3 aromatic carbocycles. The molecule has 5 aromatic rings. The van der Waals surface area contributed by atoms with Crippen molar-refractivity contribution in [2.75, 3.05) is 58.1 Å². The van der Waals surface area contributed by atoms with Crippen LogP contribution in [0.3, 0.4) is 0 Å². The van der Waals surface area contributed by atoms with Gasteiger partial charge in [-0.3, -0.25) is 29.4 Å². The summed E-state index contributed by atoms with van der Waals surface area (Å²) in [5.41, 5.74) is 18.5. The number of hydrogen-bond acceptors (Lipinski definition) is 7. The molecule has 0 aliphatic carbocycles. The van der Waals surface area contributed by atoms with Gasteiger partial charge in [0.05, 0.1) is 0 Å². The Kier molecular flexibility index (Phi) is 17.2. The summed E-state index contributed by atoms with van der Waals surface area (Å²) >= 11 is 3.81. The van der Waals surface area contributed by atoms with Gasteiger partial charge in [-0.15, -0.1) is 0 Å². The van der Waals surface area contributed by atoms with Crippen LogP contribution in [0.15, 0.2) is 133 Å². The minimum Gasteiger partial charge on any atom is -0.399 e. The summed E-state index contributed by atoms with van der Waals surface area (Å²) in [7, 11) is 0. The molecule has 4 heterocycles. The number of carbonyl (C=O) groups excluding carboxylic acids is 2. The Morgan fingerprint density at radius 2 is 1.00 bits per heavy atom. The minimum absolute atomic E-state index is 0.0819. The number of hydrogen-bond donors (Lipinski definition) is 1. The number of nitrogen functional groups attached to an aromatic ring is 1. The molecule has 2 amide bonds. The predicted octanol–water partition coefficient (Wildman–Crippen LogP) is 10.2. The van der Waals surface area contributed by atoms with Gasteiger partial charge in [0.1, 0.15) is 0 Å². The third-order valence-electron chi connectivity index (χ3n) is 11.9. The van der Waals surface area contributed by atoms with Gasteiger partial charge in [0.15, 0.2) is 0 Å². The first-order chi connectivity index (χ1) is 30.2. The maximum Gasteiger partial charge on any atom is 0.253 e. The molecule has 2 fully saturated rings. The van der Waals surface area contributed by atoms with Gasteiger partial charge in [-0.2, -0.15) is 0 Å². The molecular weight excluding hydrogens is 835 g/mol. The summed E-state index contributed by atoms with van der Waals surface area (Å²) in [6.07, 6.45) is 11.7. The third kappa shape index (κ3) is 12.4. The minimum atomic E-state index is 0.0819. The SMILES string of the molecule is CCN(CC)C(=O)c1ccc(C(=C2CCN(Cc3cccnc3)CC2)c2cccc(N)c2)cc1.CCN(CC)C(=O)c1ccc(C(Br)=C2CCN(Cc3cccnc3)CC2)cc1. The van der Waals surface area contributed by atoms with Gasteiger partial charge in [0.25, 0.3) is 11.8 Å². The fourth-order valence-corrected chi connectivity index (χ4v) is 8.99. The van der Waals surface area contributed by atoms with Gasteiger partial charge in [0.2, 0.25) is 0 Å². The summed E-state index contributed by atoms with van der Waals surface area (Å²) in [5.74, 6) is 0.183. The zero-order chi connectivity index (χ0) is 43.8. The van der Waals surface area contributed by atoms with Crippen LogP contribution >= 0.6 is 15.9 Å². The van der Waals surface area contributed by atoms with E-state index in [1.807, 2.05) is 111 Å². The molecule has 2 saturated heterocycles. The van der Waals surface area contributed by atoms with Crippen LogP contribution in [0.2, 0.25) is 0 Å². The predicted molar refractivity (Wildman–Crippen MR) is 258 cm³/mol. The first-order valence-electron chi connectivity index (χ1n) is 22.2. The number of nitrogens with two attached hydrogens (primary N) is 1. The molecule has 0 radical (unpaired) electrons. The standard InChI is InChI=1S/C29H34N4O.C23H28BrN3O/c1-3-33(4-2)29(34)25-12-10-23(11-13-25)28(26-8-5-9-27(30)19-26)24-14-17-32(18-15-24)21-22-7-6-16-31-20-22;1-3-27(4-2)23(28)21-9-7-19(8-10-21)22(24)20-11-14-26(15-12-20)17-18-6-5-13-25-16-18/h5-13,16,19-20H,3-4,14-15,17-18,21,30H2,1-2H3;5-10,13,16H,3-4,11-12,14-15,17H2,1-2H3. The first kappa shape index (κ1) is 46.1. The summed E-state index contributed by atoms with van der Waals surface area (Å²) in [5, 5.41) is 0. The molecule has 62 heavy (non-hydrogen) atoms. The number of carbonyl (C=O) groups is 2. The fourth-order valence-electron chi connectivity index (χ4n) is 8.33. The number of nitrogens with zero attached hydrogens (tertiary/aromatic N) is 6. The summed E-state index contributed by atoms with van der Waals surface area (Å²) in [6.45, 7) is 17.0. The van der Waals surface area contributed by atoms with Gasteiger partial charge >= 0.3 is 0 Å². The van der Waals surface area contributed by atoms with E-state index < -0.39 is 0 Å². The number of piperidine rings is 2. The Labute approximate surface area is 377 Å². The van der Waals surface area contributed by atoms with Crippen LogP contribution in [0.4, 0.5) is 5.69 Å². The van der Waals surface area contributed by atoms with Crippen LogP contribution in [-0.4, -0.2) is 93.7 Å². The van der Waals surface area contributed by atoms with E-state index in [1.54, 1.807) is 0 Å². The highest BCUT2D eigenvalue weighted by Crippen LogP contribution is 2.34. The topological polar surface area (TPSA) is 98.9 Å². The van der Waals surface area contributed by atoms with Crippen molar-refractivity contribution >= 4 is 43.5 Å². The summed E-state index contributed by atoms with van der Waals surface area (Å²) in [6, 6.07) is 32.5. The molecule has 324 valence electrons. The molecule has 0 spiro atoms. The quantitative estimate of drug-likeness (QED) is 0.118. The van der Waals surface area contributed by atoms with Crippen LogP contribution in [0, 0.1) is 0 Å². The smallest absolute Gasteiger partial charge is 0.253 e. The second-order valence-corrected chi connectivity index (χ2v) is 16.7. The first-order valence-corrected chi connectivity index (χ1v) is 23.0. The zero-order valence-corrected chi connectivity index (χ0v) is 38.5. The Bertz CT molecular complexity index is 2250. The Balaban J connectivity index is 0.000000211. The van der Waals surface area contributed by atoms with E-state index in [2.05, 4.69) is 84.2 Å². The fraction of sp³-hybridized carbons (Fsp3) is 0.346. The average Bonchev–Trinajstić information content (AvgIpc) is 3.31. The van der Waals surface area contributed by atoms with Crippen LogP contribution < -0.4 is 5.73 Å². The van der Waals surface area contributed by atoms with Gasteiger partial charge in [-0.05, 0) is 135 Å². The molecule has 2 aliphatic heterocycles. The Hall–Kier alpha value is -5.42. The second-order valence-electron chi connectivity index (χ2n) is 15.9. The van der Waals surface area contributed by atoms with E-state index in [-0.39, 0.29) is 11.8 Å². The number of benzene rings is 3. The number of amides is 2. The molecular formula is C52H62BrN7O2. The lowest BCUT2D eigenvalue weighted by Gasteiger charge is -2.30. The number of halogens is 1. The highest BCUT2D eigenvalue weighted by Gasteiger charge is 2.21. The number of rotatable bonds is 13. The van der Waals surface area contributed by atoms with E-state index in [0.717, 1.165) is 112 Å². The lowest BCUT2D eigenvalue weighted by molar-refractivity contribution is 0.0765. The maximum absolute atomic E-state index is 12.8. The Morgan fingerprint density at radius 1 is 0.565 bits per heavy atom. The maximum atomic E-state index is 12.8. The van der Waals surface area contributed by atoms with Crippen molar-refractivity contribution in [3.05, 3.63) is 172 Å². The van der Waals surface area contributed by atoms with Crippen molar-refractivity contribution in [2.24, 2.45) is 0 Å². The van der Waals surface area contributed by atoms with Crippen molar-refractivity contribution in [1.82, 2.24) is 29.6 Å². The van der Waals surface area contributed by atoms with E-state index in [9.17, 15) is 9.59 Å². The third-order valence-corrected chi connectivity index (χ3v) is 12.9. The van der Waals surface area contributed by atoms with Crippen molar-refractivity contribution in [1.29, 1.82) is 0 Å². The van der Waals surface area contributed by atoms with E-state index in [1.165, 1.54) is 32.3 Å². The lowest BCUT2D eigenvalue weighted by atomic mass is 9.87. The van der Waals surface area contributed by atoms with Crippen LogP contribution in [-0.2, 0) is 13.1 Å². The second kappa shape index (κ2) is 23.1. The molecule has 0 saturated carbocycles. The van der Waals surface area contributed by atoms with E-state index in [0.29, 0.717) is 13.1 Å². The number of likely N-dealkylation sites (tertiary alicyclic amines) is 2. The Morgan fingerprint density at radius 3 is 1.42 bits per heavy atom. The molecule has 0 atom stereocenters. The van der Waals surface area contributed by atoms with Crippen molar-refractivity contribution < 1.29 is 9.59 Å². The molecule has 7 rings (SSSR count). The molecule has 2 N–H and O–H groups in total. The molecule has 2 aromatic heterocycles. The monoisotopic (exact) mass is 895 g/mol. The van der Waals surface area contributed by atoms with Gasteiger partial charge in [-0.1, -0.05) is 75.6 Å². The number of aromatic nitrogens is 2. The molecule has 2 aliphatic rings. The molecule has 0 unspecified atom stereocenters. The van der Waals surface area contributed by atoms with E-state index >= 15 is 0 Å². The normalized spacial score (nSPS) is 14.4. The summed E-state index contributed by atoms with van der Waals surface area (Å²) in [4.78, 5) is 42.4.